The Morgan fingerprint density at radius 2 is 1.87 bits per heavy atom. The Labute approximate surface area is 178 Å². The second kappa shape index (κ2) is 8.45. The van der Waals surface area contributed by atoms with Crippen LogP contribution < -0.4 is 14.8 Å². The number of nitrogens with zero attached hydrogens (tertiary/aromatic N) is 1. The normalized spacial score (nSPS) is 14.2. The Bertz CT molecular complexity index is 1160. The lowest BCUT2D eigenvalue weighted by atomic mass is 10.2. The van der Waals surface area contributed by atoms with Gasteiger partial charge in [0.05, 0.1) is 11.4 Å². The molecule has 1 amide bonds. The zero-order chi connectivity index (χ0) is 21.1. The molecule has 0 saturated heterocycles. The van der Waals surface area contributed by atoms with E-state index in [1.54, 1.807) is 23.6 Å². The number of nitrogens with one attached hydrogen (secondary N) is 1. The van der Waals surface area contributed by atoms with E-state index < -0.39 is 21.0 Å². The summed E-state index contributed by atoms with van der Waals surface area (Å²) in [4.78, 5) is 17.0. The van der Waals surface area contributed by atoms with Gasteiger partial charge in [0.2, 0.25) is 5.91 Å². The Morgan fingerprint density at radius 1 is 1.13 bits per heavy atom. The number of carbonyl (C=O) groups is 1. The van der Waals surface area contributed by atoms with E-state index in [0.717, 1.165) is 10.6 Å². The van der Waals surface area contributed by atoms with Crippen molar-refractivity contribution >= 4 is 32.8 Å². The summed E-state index contributed by atoms with van der Waals surface area (Å²) in [5.74, 6) is 0.208. The lowest BCUT2D eigenvalue weighted by Crippen LogP contribution is -2.33. The fourth-order valence-corrected chi connectivity index (χ4v) is 5.07. The van der Waals surface area contributed by atoms with E-state index in [2.05, 4.69) is 10.3 Å². The summed E-state index contributed by atoms with van der Waals surface area (Å²) >= 11 is 1.38. The molecule has 1 aromatic heterocycles. The van der Waals surface area contributed by atoms with Gasteiger partial charge in [0.25, 0.3) is 0 Å². The first kappa shape index (κ1) is 20.4. The van der Waals surface area contributed by atoms with E-state index in [4.69, 9.17) is 9.47 Å². The Balaban J connectivity index is 1.43. The van der Waals surface area contributed by atoms with Crippen molar-refractivity contribution in [2.24, 2.45) is 0 Å². The molecular formula is C21H20N2O5S2. The number of anilines is 1. The molecular weight excluding hydrogens is 424 g/mol. The van der Waals surface area contributed by atoms with E-state index in [1.165, 1.54) is 18.3 Å². The standard InChI is InChI=1S/C21H20N2O5S2/c1-14(20(24)22-16-7-8-18-19(11-16)28-10-9-27-18)30(25,26)13-17-12-29-21(23-17)15-5-3-2-4-6-15/h2-8,11-12,14H,9-10,13H2,1H3,(H,22,24)/t14-/m1/s1. The van der Waals surface area contributed by atoms with Crippen LogP contribution in [-0.2, 0) is 20.4 Å². The maximum Gasteiger partial charge on any atom is 0.242 e. The highest BCUT2D eigenvalue weighted by Crippen LogP contribution is 2.32. The largest absolute Gasteiger partial charge is 0.486 e. The molecule has 30 heavy (non-hydrogen) atoms. The predicted octanol–water partition coefficient (Wildman–Crippen LogP) is 3.52. The van der Waals surface area contributed by atoms with Crippen molar-refractivity contribution in [3.05, 3.63) is 59.6 Å². The molecule has 1 N–H and O–H groups in total. The summed E-state index contributed by atoms with van der Waals surface area (Å²) in [6, 6.07) is 14.5. The monoisotopic (exact) mass is 444 g/mol. The zero-order valence-corrected chi connectivity index (χ0v) is 17.8. The highest BCUT2D eigenvalue weighted by molar-refractivity contribution is 7.92. The third-order valence-corrected chi connectivity index (χ3v) is 7.57. The molecule has 4 rings (SSSR count). The maximum atomic E-state index is 12.8. The molecule has 0 unspecified atom stereocenters. The molecule has 2 heterocycles. The SMILES string of the molecule is C[C@H](C(=O)Nc1ccc2c(c1)OCCO2)S(=O)(=O)Cc1csc(-c2ccccc2)n1. The number of hydrogen-bond acceptors (Lipinski definition) is 7. The Morgan fingerprint density at radius 3 is 2.63 bits per heavy atom. The van der Waals surface area contributed by atoms with Crippen LogP contribution in [0.15, 0.2) is 53.9 Å². The summed E-state index contributed by atoms with van der Waals surface area (Å²) in [5.41, 5.74) is 1.81. The van der Waals surface area contributed by atoms with Crippen molar-refractivity contribution in [2.45, 2.75) is 17.9 Å². The minimum Gasteiger partial charge on any atom is -0.486 e. The van der Waals surface area contributed by atoms with Crippen molar-refractivity contribution in [1.29, 1.82) is 0 Å². The molecule has 0 bridgehead atoms. The number of fused-ring (bicyclic) bond motifs is 1. The van der Waals surface area contributed by atoms with E-state index in [1.807, 2.05) is 30.3 Å². The number of ether oxygens (including phenoxy) is 2. The van der Waals surface area contributed by atoms with Gasteiger partial charge in [0.15, 0.2) is 21.3 Å². The molecule has 0 aliphatic carbocycles. The quantitative estimate of drug-likeness (QED) is 0.625. The first-order chi connectivity index (χ1) is 14.4. The fraction of sp³-hybridized carbons (Fsp3) is 0.238. The topological polar surface area (TPSA) is 94.6 Å². The maximum absolute atomic E-state index is 12.8. The summed E-state index contributed by atoms with van der Waals surface area (Å²) in [5, 5.41) is 3.87. The Kier molecular flexibility index (Phi) is 5.74. The predicted molar refractivity (Wildman–Crippen MR) is 116 cm³/mol. The minimum absolute atomic E-state index is 0.300. The van der Waals surface area contributed by atoms with Gasteiger partial charge in [-0.25, -0.2) is 13.4 Å². The molecule has 0 saturated carbocycles. The van der Waals surface area contributed by atoms with Crippen molar-refractivity contribution in [2.75, 3.05) is 18.5 Å². The van der Waals surface area contributed by atoms with Crippen LogP contribution in [0.2, 0.25) is 0 Å². The Hall–Kier alpha value is -2.91. The fourth-order valence-electron chi connectivity index (χ4n) is 2.95. The summed E-state index contributed by atoms with van der Waals surface area (Å²) in [6.07, 6.45) is 0. The van der Waals surface area contributed by atoms with Gasteiger partial charge >= 0.3 is 0 Å². The van der Waals surface area contributed by atoms with Gasteiger partial charge in [0, 0.05) is 22.7 Å². The number of aromatic nitrogens is 1. The second-order valence-electron chi connectivity index (χ2n) is 6.81. The molecule has 1 aliphatic rings. The smallest absolute Gasteiger partial charge is 0.242 e. The van der Waals surface area contributed by atoms with E-state index in [9.17, 15) is 13.2 Å². The number of sulfone groups is 1. The van der Waals surface area contributed by atoms with Crippen molar-refractivity contribution < 1.29 is 22.7 Å². The van der Waals surface area contributed by atoms with Gasteiger partial charge in [-0.15, -0.1) is 11.3 Å². The number of benzene rings is 2. The van der Waals surface area contributed by atoms with E-state index >= 15 is 0 Å². The van der Waals surface area contributed by atoms with Gasteiger partial charge < -0.3 is 14.8 Å². The van der Waals surface area contributed by atoms with Gasteiger partial charge in [0.1, 0.15) is 23.5 Å². The lowest BCUT2D eigenvalue weighted by Gasteiger charge is -2.19. The first-order valence-electron chi connectivity index (χ1n) is 9.34. The molecule has 0 radical (unpaired) electrons. The molecule has 156 valence electrons. The van der Waals surface area contributed by atoms with Crippen LogP contribution in [0.5, 0.6) is 11.5 Å². The molecule has 2 aromatic carbocycles. The minimum atomic E-state index is -3.74. The first-order valence-corrected chi connectivity index (χ1v) is 11.9. The van der Waals surface area contributed by atoms with Crippen LogP contribution in [0.3, 0.4) is 0 Å². The molecule has 9 heteroatoms. The highest BCUT2D eigenvalue weighted by atomic mass is 32.2. The van der Waals surface area contributed by atoms with Crippen LogP contribution in [0.1, 0.15) is 12.6 Å². The molecule has 0 fully saturated rings. The van der Waals surface area contributed by atoms with Gasteiger partial charge in [-0.2, -0.15) is 0 Å². The third-order valence-electron chi connectivity index (χ3n) is 4.64. The van der Waals surface area contributed by atoms with Crippen molar-refractivity contribution in [3.63, 3.8) is 0 Å². The van der Waals surface area contributed by atoms with Crippen LogP contribution in [0.4, 0.5) is 5.69 Å². The summed E-state index contributed by atoms with van der Waals surface area (Å²) < 4.78 is 36.5. The van der Waals surface area contributed by atoms with Crippen LogP contribution >= 0.6 is 11.3 Å². The van der Waals surface area contributed by atoms with Crippen LogP contribution in [-0.4, -0.2) is 37.8 Å². The number of rotatable bonds is 6. The van der Waals surface area contributed by atoms with Gasteiger partial charge in [-0.05, 0) is 19.1 Å². The van der Waals surface area contributed by atoms with E-state index in [0.29, 0.717) is 36.1 Å². The van der Waals surface area contributed by atoms with Crippen molar-refractivity contribution in [1.82, 2.24) is 4.98 Å². The molecule has 1 atom stereocenters. The van der Waals surface area contributed by atoms with Crippen LogP contribution in [0.25, 0.3) is 10.6 Å². The summed E-state index contributed by atoms with van der Waals surface area (Å²) in [7, 11) is -3.74. The average Bonchev–Trinajstić information content (AvgIpc) is 3.21. The zero-order valence-electron chi connectivity index (χ0n) is 16.2. The number of hydrogen-bond donors (Lipinski definition) is 1. The average molecular weight is 445 g/mol. The number of amides is 1. The van der Waals surface area contributed by atoms with Crippen LogP contribution in [0, 0.1) is 0 Å². The highest BCUT2D eigenvalue weighted by Gasteiger charge is 2.29. The lowest BCUT2D eigenvalue weighted by molar-refractivity contribution is -0.115. The van der Waals surface area contributed by atoms with E-state index in [-0.39, 0.29) is 5.75 Å². The third kappa shape index (κ3) is 4.47. The summed E-state index contributed by atoms with van der Waals surface area (Å²) in [6.45, 7) is 2.28. The van der Waals surface area contributed by atoms with Gasteiger partial charge in [-0.1, -0.05) is 30.3 Å². The van der Waals surface area contributed by atoms with Gasteiger partial charge in [-0.3, -0.25) is 4.79 Å². The number of carbonyl (C=O) groups excluding carboxylic acids is 1. The van der Waals surface area contributed by atoms with Crippen molar-refractivity contribution in [3.8, 4) is 22.1 Å². The number of thiazole rings is 1. The molecule has 1 aliphatic heterocycles. The molecule has 0 spiro atoms. The molecule has 7 nitrogen and oxygen atoms in total. The molecule has 3 aromatic rings. The second-order valence-corrected chi connectivity index (χ2v) is 9.99.